The van der Waals surface area contributed by atoms with Crippen LogP contribution in [0, 0.1) is 5.41 Å². The molecule has 0 aromatic heterocycles. The van der Waals surface area contributed by atoms with E-state index >= 15 is 0 Å². The number of anilines is 1. The average Bonchev–Trinajstić information content (AvgIpc) is 2.17. The molecule has 0 radical (unpaired) electrons. The summed E-state index contributed by atoms with van der Waals surface area (Å²) in [4.78, 5) is 1.04. The van der Waals surface area contributed by atoms with Gasteiger partial charge in [-0.1, -0.05) is 6.07 Å². The molecule has 1 aromatic carbocycles. The summed E-state index contributed by atoms with van der Waals surface area (Å²) in [6.07, 6.45) is 1.98. The Morgan fingerprint density at radius 3 is 2.79 bits per heavy atom. The Balaban J connectivity index is 3.20. The van der Waals surface area contributed by atoms with Gasteiger partial charge in [0.1, 0.15) is 5.84 Å². The molecule has 0 spiro atoms. The van der Waals surface area contributed by atoms with Crippen molar-refractivity contribution in [2.24, 2.45) is 5.73 Å². The Kier molecular flexibility index (Phi) is 3.83. The van der Waals surface area contributed by atoms with Gasteiger partial charge in [0, 0.05) is 17.1 Å². The van der Waals surface area contributed by atoms with Gasteiger partial charge < -0.3 is 11.1 Å². The van der Waals surface area contributed by atoms with Crippen LogP contribution in [0.5, 0.6) is 0 Å². The standard InChI is InChI=1S/C10H15N3S/c1-3-13-7-5-4-6-8(14-2)9(7)10(11)12/h4-6,13H,3H2,1-2H3,(H3,11,12). The van der Waals surface area contributed by atoms with Crippen LogP contribution in [-0.4, -0.2) is 18.6 Å². The Hall–Kier alpha value is -1.16. The second-order valence-corrected chi connectivity index (χ2v) is 3.67. The first-order valence-corrected chi connectivity index (χ1v) is 5.68. The predicted molar refractivity (Wildman–Crippen MR) is 63.4 cm³/mol. The average molecular weight is 209 g/mol. The van der Waals surface area contributed by atoms with Crippen LogP contribution < -0.4 is 11.1 Å². The molecule has 0 amide bonds. The van der Waals surface area contributed by atoms with Gasteiger partial charge in [0.25, 0.3) is 0 Å². The van der Waals surface area contributed by atoms with Crippen LogP contribution in [0.25, 0.3) is 0 Å². The monoisotopic (exact) mass is 209 g/mol. The van der Waals surface area contributed by atoms with Crippen molar-refractivity contribution in [3.8, 4) is 0 Å². The molecule has 3 nitrogen and oxygen atoms in total. The zero-order valence-corrected chi connectivity index (χ0v) is 9.24. The zero-order valence-electron chi connectivity index (χ0n) is 8.42. The van der Waals surface area contributed by atoms with Crippen LogP contribution in [0.3, 0.4) is 0 Å². The van der Waals surface area contributed by atoms with Gasteiger partial charge in [-0.3, -0.25) is 5.41 Å². The van der Waals surface area contributed by atoms with Crippen molar-refractivity contribution in [1.82, 2.24) is 0 Å². The molecule has 14 heavy (non-hydrogen) atoms. The highest BCUT2D eigenvalue weighted by molar-refractivity contribution is 7.98. The molecule has 0 aliphatic rings. The van der Waals surface area contributed by atoms with E-state index < -0.39 is 0 Å². The van der Waals surface area contributed by atoms with Crippen LogP contribution >= 0.6 is 11.8 Å². The van der Waals surface area contributed by atoms with Crippen molar-refractivity contribution in [2.75, 3.05) is 18.1 Å². The molecule has 0 unspecified atom stereocenters. The first kappa shape index (κ1) is 10.9. The summed E-state index contributed by atoms with van der Waals surface area (Å²) in [7, 11) is 0. The fourth-order valence-corrected chi connectivity index (χ4v) is 1.96. The number of nitrogens with two attached hydrogens (primary N) is 1. The minimum Gasteiger partial charge on any atom is -0.385 e. The topological polar surface area (TPSA) is 61.9 Å². The summed E-state index contributed by atoms with van der Waals surface area (Å²) >= 11 is 1.60. The number of thioether (sulfide) groups is 1. The van der Waals surface area contributed by atoms with Crippen molar-refractivity contribution < 1.29 is 0 Å². The number of nitrogens with one attached hydrogen (secondary N) is 2. The summed E-state index contributed by atoms with van der Waals surface area (Å²) in [5.41, 5.74) is 7.30. The first-order valence-electron chi connectivity index (χ1n) is 4.46. The molecule has 0 saturated heterocycles. The first-order chi connectivity index (χ1) is 6.70. The quantitative estimate of drug-likeness (QED) is 0.404. The molecular formula is C10H15N3S. The van der Waals surface area contributed by atoms with Gasteiger partial charge in [0.2, 0.25) is 0 Å². The van der Waals surface area contributed by atoms with Gasteiger partial charge in [0.15, 0.2) is 0 Å². The van der Waals surface area contributed by atoms with Crippen molar-refractivity contribution >= 4 is 23.3 Å². The number of hydrogen-bond donors (Lipinski definition) is 3. The van der Waals surface area contributed by atoms with Gasteiger partial charge in [-0.15, -0.1) is 11.8 Å². The second-order valence-electron chi connectivity index (χ2n) is 2.83. The third kappa shape index (κ3) is 2.20. The molecular weight excluding hydrogens is 194 g/mol. The van der Waals surface area contributed by atoms with Crippen molar-refractivity contribution in [1.29, 1.82) is 5.41 Å². The minimum atomic E-state index is 0.117. The van der Waals surface area contributed by atoms with Crippen LogP contribution in [0.4, 0.5) is 5.69 Å². The van der Waals surface area contributed by atoms with Gasteiger partial charge in [-0.25, -0.2) is 0 Å². The van der Waals surface area contributed by atoms with Crippen molar-refractivity contribution in [2.45, 2.75) is 11.8 Å². The zero-order chi connectivity index (χ0) is 10.6. The number of nitrogen functional groups attached to an aromatic ring is 1. The number of amidine groups is 1. The molecule has 0 saturated carbocycles. The highest BCUT2D eigenvalue weighted by Crippen LogP contribution is 2.26. The van der Waals surface area contributed by atoms with E-state index in [4.69, 9.17) is 11.1 Å². The lowest BCUT2D eigenvalue weighted by molar-refractivity contribution is 1.19. The van der Waals surface area contributed by atoms with Crippen LogP contribution in [0.1, 0.15) is 12.5 Å². The molecule has 0 bridgehead atoms. The molecule has 1 rings (SSSR count). The van der Waals surface area contributed by atoms with E-state index in [0.717, 1.165) is 22.7 Å². The maximum atomic E-state index is 7.52. The third-order valence-corrected chi connectivity index (χ3v) is 2.66. The van der Waals surface area contributed by atoms with E-state index in [2.05, 4.69) is 5.32 Å². The maximum absolute atomic E-state index is 7.52. The summed E-state index contributed by atoms with van der Waals surface area (Å²) in [6.45, 7) is 2.85. The lowest BCUT2D eigenvalue weighted by Crippen LogP contribution is -2.15. The van der Waals surface area contributed by atoms with Crippen molar-refractivity contribution in [3.05, 3.63) is 23.8 Å². The number of benzene rings is 1. The lowest BCUT2D eigenvalue weighted by atomic mass is 10.1. The Morgan fingerprint density at radius 1 is 1.57 bits per heavy atom. The molecule has 4 N–H and O–H groups in total. The normalized spacial score (nSPS) is 9.86. The van der Waals surface area contributed by atoms with E-state index in [1.807, 2.05) is 31.4 Å². The second kappa shape index (κ2) is 4.91. The van der Waals surface area contributed by atoms with Crippen LogP contribution in [0.2, 0.25) is 0 Å². The Labute approximate surface area is 88.6 Å². The van der Waals surface area contributed by atoms with Crippen LogP contribution in [-0.2, 0) is 0 Å². The third-order valence-electron chi connectivity index (χ3n) is 1.88. The van der Waals surface area contributed by atoms with Gasteiger partial charge >= 0.3 is 0 Å². The fraction of sp³-hybridized carbons (Fsp3) is 0.300. The molecule has 0 atom stereocenters. The van der Waals surface area contributed by atoms with E-state index in [1.165, 1.54) is 0 Å². The summed E-state index contributed by atoms with van der Waals surface area (Å²) in [6, 6.07) is 5.89. The van der Waals surface area contributed by atoms with Gasteiger partial charge in [-0.05, 0) is 25.3 Å². The highest BCUT2D eigenvalue weighted by Gasteiger charge is 2.09. The molecule has 0 aliphatic carbocycles. The summed E-state index contributed by atoms with van der Waals surface area (Å²) in [5, 5.41) is 10.7. The fourth-order valence-electron chi connectivity index (χ4n) is 1.32. The van der Waals surface area contributed by atoms with Crippen molar-refractivity contribution in [3.63, 3.8) is 0 Å². The number of rotatable bonds is 4. The van der Waals surface area contributed by atoms with Crippen LogP contribution in [0.15, 0.2) is 23.1 Å². The summed E-state index contributed by atoms with van der Waals surface area (Å²) in [5.74, 6) is 0.117. The predicted octanol–water partition coefficient (Wildman–Crippen LogP) is 2.12. The lowest BCUT2D eigenvalue weighted by Gasteiger charge is -2.12. The number of hydrogen-bond acceptors (Lipinski definition) is 3. The molecule has 0 heterocycles. The molecule has 0 fully saturated rings. The molecule has 0 aliphatic heterocycles. The molecule has 4 heteroatoms. The Bertz CT molecular complexity index is 336. The smallest absolute Gasteiger partial charge is 0.126 e. The SMILES string of the molecule is CCNc1cccc(SC)c1C(=N)N. The minimum absolute atomic E-state index is 0.117. The van der Waals surface area contributed by atoms with Gasteiger partial charge in [0.05, 0.1) is 5.56 Å². The van der Waals surface area contributed by atoms with E-state index in [-0.39, 0.29) is 5.84 Å². The van der Waals surface area contributed by atoms with E-state index in [9.17, 15) is 0 Å². The highest BCUT2D eigenvalue weighted by atomic mass is 32.2. The largest absolute Gasteiger partial charge is 0.385 e. The molecule has 76 valence electrons. The van der Waals surface area contributed by atoms with Gasteiger partial charge in [-0.2, -0.15) is 0 Å². The van der Waals surface area contributed by atoms with E-state index in [0.29, 0.717) is 0 Å². The Morgan fingerprint density at radius 2 is 2.29 bits per heavy atom. The van der Waals surface area contributed by atoms with E-state index in [1.54, 1.807) is 11.8 Å². The maximum Gasteiger partial charge on any atom is 0.126 e. The summed E-state index contributed by atoms with van der Waals surface area (Å²) < 4.78 is 0. The molecule has 1 aromatic rings.